The fraction of sp³-hybridized carbons (Fsp3) is 0.304. The maximum absolute atomic E-state index is 12.9. The highest BCUT2D eigenvalue weighted by atomic mass is 16.5. The van der Waals surface area contributed by atoms with E-state index >= 15 is 0 Å². The van der Waals surface area contributed by atoms with Gasteiger partial charge in [0.25, 0.3) is 0 Å². The highest BCUT2D eigenvalue weighted by Crippen LogP contribution is 2.28. The van der Waals surface area contributed by atoms with Gasteiger partial charge < -0.3 is 9.47 Å². The number of aromatic nitrogens is 1. The fourth-order valence-corrected chi connectivity index (χ4v) is 3.65. The average Bonchev–Trinajstić information content (AvgIpc) is 2.73. The van der Waals surface area contributed by atoms with Crippen molar-refractivity contribution in [3.05, 3.63) is 60.2 Å². The third-order valence-electron chi connectivity index (χ3n) is 5.15. The molecule has 1 aromatic heterocycles. The Hall–Kier alpha value is -2.88. The quantitative estimate of drug-likeness (QED) is 0.584. The Morgan fingerprint density at radius 3 is 2.48 bits per heavy atom. The van der Waals surface area contributed by atoms with Crippen LogP contribution in [0.5, 0.6) is 5.75 Å². The predicted octanol–water partition coefficient (Wildman–Crippen LogP) is 5.40. The van der Waals surface area contributed by atoms with Gasteiger partial charge in [-0.15, -0.1) is 0 Å². The number of ether oxygens (including phenoxy) is 2. The molecular formula is C23H23NO3. The molecule has 0 radical (unpaired) electrons. The van der Waals surface area contributed by atoms with E-state index in [4.69, 9.17) is 14.5 Å². The molecular weight excluding hydrogens is 338 g/mol. The summed E-state index contributed by atoms with van der Waals surface area (Å²) in [5.41, 5.74) is 3.07. The molecule has 0 atom stereocenters. The maximum atomic E-state index is 12.9. The predicted molar refractivity (Wildman–Crippen MR) is 106 cm³/mol. The van der Waals surface area contributed by atoms with Crippen LogP contribution in [0.25, 0.3) is 22.2 Å². The summed E-state index contributed by atoms with van der Waals surface area (Å²) in [4.78, 5) is 17.7. The third kappa shape index (κ3) is 3.80. The van der Waals surface area contributed by atoms with Crippen LogP contribution >= 0.6 is 0 Å². The van der Waals surface area contributed by atoms with Gasteiger partial charge in [0.2, 0.25) is 0 Å². The molecule has 3 aromatic rings. The van der Waals surface area contributed by atoms with E-state index in [1.165, 1.54) is 6.42 Å². The highest BCUT2D eigenvalue weighted by molar-refractivity contribution is 6.04. The van der Waals surface area contributed by atoms with E-state index in [-0.39, 0.29) is 12.1 Å². The number of rotatable bonds is 4. The van der Waals surface area contributed by atoms with Crippen molar-refractivity contribution in [3.8, 4) is 17.0 Å². The van der Waals surface area contributed by atoms with Crippen LogP contribution in [0.1, 0.15) is 42.5 Å². The van der Waals surface area contributed by atoms with E-state index in [0.717, 1.165) is 53.6 Å². The summed E-state index contributed by atoms with van der Waals surface area (Å²) in [5, 5.41) is 0.829. The Balaban J connectivity index is 1.72. The van der Waals surface area contributed by atoms with Gasteiger partial charge in [0.1, 0.15) is 11.9 Å². The molecule has 0 unspecified atom stereocenters. The molecule has 2 aromatic carbocycles. The van der Waals surface area contributed by atoms with Crippen molar-refractivity contribution in [2.75, 3.05) is 7.11 Å². The minimum absolute atomic E-state index is 0.0302. The number of benzene rings is 2. The lowest BCUT2D eigenvalue weighted by Gasteiger charge is -2.22. The Labute approximate surface area is 159 Å². The van der Waals surface area contributed by atoms with E-state index < -0.39 is 0 Å². The first-order valence-electron chi connectivity index (χ1n) is 9.50. The molecule has 1 heterocycles. The summed E-state index contributed by atoms with van der Waals surface area (Å²) in [6.07, 6.45) is 5.44. The van der Waals surface area contributed by atoms with Gasteiger partial charge in [-0.3, -0.25) is 0 Å². The number of hydrogen-bond acceptors (Lipinski definition) is 4. The molecule has 1 aliphatic carbocycles. The Kier molecular flexibility index (Phi) is 5.05. The van der Waals surface area contributed by atoms with E-state index in [1.807, 2.05) is 54.6 Å². The number of nitrogens with zero attached hydrogens (tertiary/aromatic N) is 1. The minimum Gasteiger partial charge on any atom is -0.497 e. The van der Waals surface area contributed by atoms with Crippen LogP contribution in [0.15, 0.2) is 54.6 Å². The average molecular weight is 361 g/mol. The van der Waals surface area contributed by atoms with Crippen molar-refractivity contribution in [2.24, 2.45) is 0 Å². The molecule has 0 saturated heterocycles. The van der Waals surface area contributed by atoms with E-state index in [2.05, 4.69) is 0 Å². The van der Waals surface area contributed by atoms with Crippen LogP contribution in [0.3, 0.4) is 0 Å². The van der Waals surface area contributed by atoms with Crippen LogP contribution in [0, 0.1) is 0 Å². The number of esters is 1. The molecule has 1 saturated carbocycles. The largest absolute Gasteiger partial charge is 0.497 e. The Bertz CT molecular complexity index is 943. The number of hydrogen-bond donors (Lipinski definition) is 0. The van der Waals surface area contributed by atoms with Crippen molar-refractivity contribution in [1.29, 1.82) is 0 Å². The number of fused-ring (bicyclic) bond motifs is 1. The second-order valence-corrected chi connectivity index (χ2v) is 6.97. The first-order chi connectivity index (χ1) is 13.2. The van der Waals surface area contributed by atoms with Gasteiger partial charge in [0, 0.05) is 10.9 Å². The first kappa shape index (κ1) is 17.5. The number of carbonyl (C=O) groups is 1. The van der Waals surface area contributed by atoms with Crippen LogP contribution in [-0.4, -0.2) is 24.2 Å². The lowest BCUT2D eigenvalue weighted by molar-refractivity contribution is 0.0213. The standard InChI is InChI=1S/C23H23NO3/c1-26-17-13-11-16(12-14-17)22-15-20(19-9-5-6-10-21(19)24-22)23(25)27-18-7-3-2-4-8-18/h5-6,9-15,18H,2-4,7-8H2,1H3. The molecule has 138 valence electrons. The van der Waals surface area contributed by atoms with Gasteiger partial charge in [-0.05, 0) is 62.1 Å². The lowest BCUT2D eigenvalue weighted by atomic mass is 9.97. The molecule has 0 amide bonds. The Morgan fingerprint density at radius 2 is 1.74 bits per heavy atom. The fourth-order valence-electron chi connectivity index (χ4n) is 3.65. The summed E-state index contributed by atoms with van der Waals surface area (Å²) in [7, 11) is 1.64. The third-order valence-corrected chi connectivity index (χ3v) is 5.15. The van der Waals surface area contributed by atoms with Gasteiger partial charge in [-0.2, -0.15) is 0 Å². The molecule has 1 aliphatic rings. The van der Waals surface area contributed by atoms with Gasteiger partial charge in [-0.1, -0.05) is 24.6 Å². The maximum Gasteiger partial charge on any atom is 0.339 e. The number of para-hydroxylation sites is 1. The van der Waals surface area contributed by atoms with Crippen molar-refractivity contribution in [3.63, 3.8) is 0 Å². The van der Waals surface area contributed by atoms with Crippen LogP contribution in [-0.2, 0) is 4.74 Å². The number of carbonyl (C=O) groups excluding carboxylic acids is 1. The highest BCUT2D eigenvalue weighted by Gasteiger charge is 2.21. The van der Waals surface area contributed by atoms with Crippen molar-refractivity contribution in [2.45, 2.75) is 38.2 Å². The zero-order valence-corrected chi connectivity index (χ0v) is 15.5. The van der Waals surface area contributed by atoms with Crippen LogP contribution in [0.4, 0.5) is 0 Å². The van der Waals surface area contributed by atoms with Crippen molar-refractivity contribution in [1.82, 2.24) is 4.98 Å². The first-order valence-corrected chi connectivity index (χ1v) is 9.50. The van der Waals surface area contributed by atoms with Gasteiger partial charge in [0.15, 0.2) is 0 Å². The van der Waals surface area contributed by atoms with Crippen molar-refractivity contribution >= 4 is 16.9 Å². The molecule has 0 aliphatic heterocycles. The number of methoxy groups -OCH3 is 1. The van der Waals surface area contributed by atoms with Gasteiger partial charge in [0.05, 0.1) is 23.9 Å². The van der Waals surface area contributed by atoms with Crippen LogP contribution < -0.4 is 4.74 Å². The summed E-state index contributed by atoms with van der Waals surface area (Å²) in [6, 6.07) is 17.3. The second-order valence-electron chi connectivity index (χ2n) is 6.97. The van der Waals surface area contributed by atoms with E-state index in [1.54, 1.807) is 7.11 Å². The van der Waals surface area contributed by atoms with E-state index in [0.29, 0.717) is 5.56 Å². The summed E-state index contributed by atoms with van der Waals surface area (Å²) >= 11 is 0. The normalized spacial score (nSPS) is 14.9. The second kappa shape index (κ2) is 7.78. The summed E-state index contributed by atoms with van der Waals surface area (Å²) < 4.78 is 11.1. The molecule has 0 spiro atoms. The molecule has 4 nitrogen and oxygen atoms in total. The molecule has 4 heteroatoms. The Morgan fingerprint density at radius 1 is 1.00 bits per heavy atom. The smallest absolute Gasteiger partial charge is 0.339 e. The van der Waals surface area contributed by atoms with Gasteiger partial charge >= 0.3 is 5.97 Å². The number of pyridine rings is 1. The van der Waals surface area contributed by atoms with E-state index in [9.17, 15) is 4.79 Å². The molecule has 0 N–H and O–H groups in total. The summed E-state index contributed by atoms with van der Waals surface area (Å²) in [6.45, 7) is 0. The monoisotopic (exact) mass is 361 g/mol. The van der Waals surface area contributed by atoms with Gasteiger partial charge in [-0.25, -0.2) is 9.78 Å². The van der Waals surface area contributed by atoms with Crippen molar-refractivity contribution < 1.29 is 14.3 Å². The topological polar surface area (TPSA) is 48.4 Å². The molecule has 27 heavy (non-hydrogen) atoms. The lowest BCUT2D eigenvalue weighted by Crippen LogP contribution is -2.21. The van der Waals surface area contributed by atoms with Crippen LogP contribution in [0.2, 0.25) is 0 Å². The molecule has 1 fully saturated rings. The molecule has 0 bridgehead atoms. The zero-order valence-electron chi connectivity index (χ0n) is 15.5. The minimum atomic E-state index is -0.254. The molecule has 4 rings (SSSR count). The zero-order chi connectivity index (χ0) is 18.6. The SMILES string of the molecule is COc1ccc(-c2cc(C(=O)OC3CCCCC3)c3ccccc3n2)cc1. The summed E-state index contributed by atoms with van der Waals surface area (Å²) in [5.74, 6) is 0.534.